The molecule has 0 radical (unpaired) electrons. The molecule has 0 aromatic heterocycles. The van der Waals surface area contributed by atoms with Gasteiger partial charge in [0.05, 0.1) is 5.75 Å². The third-order valence-electron chi connectivity index (χ3n) is 2.34. The second kappa shape index (κ2) is 3.70. The molecular formula is C7H14FNO2S. The molecule has 1 aliphatic heterocycles. The first-order valence-corrected chi connectivity index (χ1v) is 5.74. The average molecular weight is 195 g/mol. The molecule has 1 aliphatic rings. The van der Waals surface area contributed by atoms with Crippen LogP contribution in [-0.2, 0) is 10.2 Å². The minimum atomic E-state index is -4.29. The first-order chi connectivity index (χ1) is 5.53. The van der Waals surface area contributed by atoms with Gasteiger partial charge in [0.2, 0.25) is 0 Å². The van der Waals surface area contributed by atoms with Crippen LogP contribution in [0.15, 0.2) is 0 Å². The van der Waals surface area contributed by atoms with E-state index in [2.05, 4.69) is 5.32 Å². The average Bonchev–Trinajstić information content (AvgIpc) is 2.31. The summed E-state index contributed by atoms with van der Waals surface area (Å²) in [7, 11) is -4.29. The summed E-state index contributed by atoms with van der Waals surface area (Å²) < 4.78 is 33.0. The summed E-state index contributed by atoms with van der Waals surface area (Å²) in [5.74, 6) is -0.358. The summed E-state index contributed by atoms with van der Waals surface area (Å²) in [5, 5.41) is 3.15. The quantitative estimate of drug-likeness (QED) is 0.673. The van der Waals surface area contributed by atoms with E-state index in [1.807, 2.05) is 6.92 Å². The Labute approximate surface area is 72.6 Å². The zero-order valence-electron chi connectivity index (χ0n) is 7.09. The second-order valence-corrected chi connectivity index (χ2v) is 4.63. The van der Waals surface area contributed by atoms with E-state index in [-0.39, 0.29) is 17.7 Å². The van der Waals surface area contributed by atoms with Crippen LogP contribution in [-0.4, -0.2) is 26.8 Å². The monoisotopic (exact) mass is 195 g/mol. The van der Waals surface area contributed by atoms with Gasteiger partial charge in [-0.3, -0.25) is 0 Å². The minimum absolute atomic E-state index is 0.0370. The van der Waals surface area contributed by atoms with Crippen molar-refractivity contribution in [3.63, 3.8) is 0 Å². The van der Waals surface area contributed by atoms with Crippen LogP contribution in [0.5, 0.6) is 0 Å². The molecule has 72 valence electrons. The maximum absolute atomic E-state index is 12.3. The first-order valence-electron chi connectivity index (χ1n) is 4.18. The Morgan fingerprint density at radius 2 is 2.25 bits per heavy atom. The maximum atomic E-state index is 12.3. The third-order valence-corrected chi connectivity index (χ3v) is 3.17. The summed E-state index contributed by atoms with van der Waals surface area (Å²) in [6.45, 7) is 2.78. The SMILES string of the molecule is CCC1NCCC1CS(=O)(=O)F. The number of hydrogen-bond acceptors (Lipinski definition) is 3. The van der Waals surface area contributed by atoms with Crippen LogP contribution in [0, 0.1) is 5.92 Å². The van der Waals surface area contributed by atoms with Crippen molar-refractivity contribution < 1.29 is 12.3 Å². The lowest BCUT2D eigenvalue weighted by molar-refractivity contribution is 0.456. The normalized spacial score (nSPS) is 30.8. The molecule has 12 heavy (non-hydrogen) atoms. The lowest BCUT2D eigenvalue weighted by Crippen LogP contribution is -2.29. The van der Waals surface area contributed by atoms with Crippen LogP contribution in [0.1, 0.15) is 19.8 Å². The van der Waals surface area contributed by atoms with E-state index >= 15 is 0 Å². The predicted molar refractivity (Wildman–Crippen MR) is 45.1 cm³/mol. The van der Waals surface area contributed by atoms with Crippen LogP contribution in [0.3, 0.4) is 0 Å². The van der Waals surface area contributed by atoms with Crippen molar-refractivity contribution in [2.24, 2.45) is 5.92 Å². The molecule has 1 fully saturated rings. The van der Waals surface area contributed by atoms with E-state index in [4.69, 9.17) is 0 Å². The fourth-order valence-electron chi connectivity index (χ4n) is 1.75. The van der Waals surface area contributed by atoms with E-state index in [1.165, 1.54) is 0 Å². The number of rotatable bonds is 3. The van der Waals surface area contributed by atoms with Crippen molar-refractivity contribution in [2.75, 3.05) is 12.3 Å². The Hall–Kier alpha value is -0.160. The number of hydrogen-bond donors (Lipinski definition) is 1. The summed E-state index contributed by atoms with van der Waals surface area (Å²) >= 11 is 0. The zero-order valence-corrected chi connectivity index (χ0v) is 7.90. The third kappa shape index (κ3) is 2.71. The van der Waals surface area contributed by atoms with E-state index < -0.39 is 10.2 Å². The molecule has 1 N–H and O–H groups in total. The van der Waals surface area contributed by atoms with Gasteiger partial charge in [0.15, 0.2) is 0 Å². The summed E-state index contributed by atoms with van der Waals surface area (Å²) in [6.07, 6.45) is 1.63. The highest BCUT2D eigenvalue weighted by Crippen LogP contribution is 2.20. The molecule has 0 spiro atoms. The molecule has 1 heterocycles. The number of nitrogens with one attached hydrogen (secondary N) is 1. The van der Waals surface area contributed by atoms with Gasteiger partial charge < -0.3 is 5.32 Å². The van der Waals surface area contributed by atoms with E-state index in [0.717, 1.165) is 19.4 Å². The molecule has 0 amide bonds. The molecule has 2 unspecified atom stereocenters. The van der Waals surface area contributed by atoms with Gasteiger partial charge in [-0.05, 0) is 25.3 Å². The van der Waals surface area contributed by atoms with Crippen molar-refractivity contribution >= 4 is 10.2 Å². The van der Waals surface area contributed by atoms with Crippen molar-refractivity contribution in [1.29, 1.82) is 0 Å². The number of halogens is 1. The second-order valence-electron chi connectivity index (χ2n) is 3.22. The van der Waals surface area contributed by atoms with Gasteiger partial charge in [0.1, 0.15) is 0 Å². The molecule has 0 aromatic carbocycles. The summed E-state index contributed by atoms with van der Waals surface area (Å²) in [6, 6.07) is 0.176. The highest BCUT2D eigenvalue weighted by Gasteiger charge is 2.29. The lowest BCUT2D eigenvalue weighted by atomic mass is 10.0. The standard InChI is InChI=1S/C7H14FNO2S/c1-2-7-6(3-4-9-7)5-12(8,10)11/h6-7,9H,2-5H2,1H3. The maximum Gasteiger partial charge on any atom is 0.302 e. The van der Waals surface area contributed by atoms with Gasteiger partial charge in [-0.2, -0.15) is 8.42 Å². The molecular weight excluding hydrogens is 181 g/mol. The molecule has 1 saturated heterocycles. The van der Waals surface area contributed by atoms with Gasteiger partial charge in [0.25, 0.3) is 0 Å². The molecule has 0 aromatic rings. The summed E-state index contributed by atoms with van der Waals surface area (Å²) in [4.78, 5) is 0. The van der Waals surface area contributed by atoms with Crippen molar-refractivity contribution in [1.82, 2.24) is 5.32 Å². The van der Waals surface area contributed by atoms with Crippen LogP contribution in [0.4, 0.5) is 3.89 Å². The van der Waals surface area contributed by atoms with Crippen LogP contribution in [0.2, 0.25) is 0 Å². The molecule has 0 bridgehead atoms. The van der Waals surface area contributed by atoms with E-state index in [9.17, 15) is 12.3 Å². The topological polar surface area (TPSA) is 46.2 Å². The fourth-order valence-corrected chi connectivity index (χ4v) is 2.67. The Kier molecular flexibility index (Phi) is 3.06. The minimum Gasteiger partial charge on any atom is -0.314 e. The first kappa shape index (κ1) is 9.92. The van der Waals surface area contributed by atoms with Crippen molar-refractivity contribution in [2.45, 2.75) is 25.8 Å². The highest BCUT2D eigenvalue weighted by molar-refractivity contribution is 7.86. The predicted octanol–water partition coefficient (Wildman–Crippen LogP) is 0.674. The molecule has 1 rings (SSSR count). The van der Waals surface area contributed by atoms with Gasteiger partial charge in [-0.25, -0.2) is 0 Å². The Morgan fingerprint density at radius 3 is 2.75 bits per heavy atom. The van der Waals surface area contributed by atoms with Gasteiger partial charge in [0, 0.05) is 6.04 Å². The van der Waals surface area contributed by atoms with Gasteiger partial charge in [-0.15, -0.1) is 3.89 Å². The van der Waals surface area contributed by atoms with Crippen molar-refractivity contribution in [3.05, 3.63) is 0 Å². The molecule has 0 saturated carbocycles. The molecule has 0 aliphatic carbocycles. The molecule has 2 atom stereocenters. The Morgan fingerprint density at radius 1 is 1.58 bits per heavy atom. The van der Waals surface area contributed by atoms with Crippen LogP contribution >= 0.6 is 0 Å². The summed E-state index contributed by atoms with van der Waals surface area (Å²) in [5.41, 5.74) is 0. The van der Waals surface area contributed by atoms with Crippen LogP contribution < -0.4 is 5.32 Å². The lowest BCUT2D eigenvalue weighted by Gasteiger charge is -2.14. The Bertz CT molecular complexity index is 240. The molecule has 5 heteroatoms. The highest BCUT2D eigenvalue weighted by atomic mass is 32.3. The van der Waals surface area contributed by atoms with Gasteiger partial charge in [-0.1, -0.05) is 6.92 Å². The van der Waals surface area contributed by atoms with Crippen molar-refractivity contribution in [3.8, 4) is 0 Å². The largest absolute Gasteiger partial charge is 0.314 e. The van der Waals surface area contributed by atoms with E-state index in [1.54, 1.807) is 0 Å². The Balaban J connectivity index is 2.52. The van der Waals surface area contributed by atoms with E-state index in [0.29, 0.717) is 0 Å². The fraction of sp³-hybridized carbons (Fsp3) is 1.00. The van der Waals surface area contributed by atoms with Crippen LogP contribution in [0.25, 0.3) is 0 Å². The zero-order chi connectivity index (χ0) is 9.19. The molecule has 3 nitrogen and oxygen atoms in total. The van der Waals surface area contributed by atoms with Gasteiger partial charge >= 0.3 is 10.2 Å². The smallest absolute Gasteiger partial charge is 0.302 e.